The number of rotatable bonds is 5. The van der Waals surface area contributed by atoms with Crippen LogP contribution in [-0.4, -0.2) is 14.8 Å². The van der Waals surface area contributed by atoms with Gasteiger partial charge in [0.25, 0.3) is 0 Å². The molecule has 0 saturated carbocycles. The molecule has 3 nitrogen and oxygen atoms in total. The third-order valence-corrected chi connectivity index (χ3v) is 5.21. The van der Waals surface area contributed by atoms with Crippen LogP contribution in [0.15, 0.2) is 46.9 Å². The van der Waals surface area contributed by atoms with E-state index in [-0.39, 0.29) is 0 Å². The van der Waals surface area contributed by atoms with Gasteiger partial charge in [-0.05, 0) is 36.1 Å². The molecule has 0 amide bonds. The lowest BCUT2D eigenvalue weighted by atomic mass is 10.2. The second-order valence-corrected chi connectivity index (χ2v) is 6.77. The Bertz CT molecular complexity index is 705. The number of thiophene rings is 1. The molecule has 0 aliphatic rings. The van der Waals surface area contributed by atoms with Gasteiger partial charge < -0.3 is 4.57 Å². The number of aromatic nitrogens is 3. The first-order valence-electron chi connectivity index (χ1n) is 6.62. The van der Waals surface area contributed by atoms with Gasteiger partial charge in [-0.3, -0.25) is 0 Å². The van der Waals surface area contributed by atoms with Crippen LogP contribution < -0.4 is 0 Å². The molecule has 0 fully saturated rings. The molecule has 0 aliphatic heterocycles. The molecule has 108 valence electrons. The summed E-state index contributed by atoms with van der Waals surface area (Å²) in [5.41, 5.74) is 1.23. The maximum atomic E-state index is 5.90. The van der Waals surface area contributed by atoms with Crippen molar-refractivity contribution in [3.05, 3.63) is 52.4 Å². The summed E-state index contributed by atoms with van der Waals surface area (Å²) in [7, 11) is 0. The van der Waals surface area contributed by atoms with Gasteiger partial charge in [0.2, 0.25) is 0 Å². The van der Waals surface area contributed by atoms with Crippen molar-refractivity contribution in [1.29, 1.82) is 0 Å². The Labute approximate surface area is 137 Å². The quantitative estimate of drug-likeness (QED) is 0.616. The number of halogens is 1. The summed E-state index contributed by atoms with van der Waals surface area (Å²) in [6, 6.07) is 12.0. The van der Waals surface area contributed by atoms with Crippen molar-refractivity contribution >= 4 is 34.7 Å². The molecule has 2 aromatic heterocycles. The van der Waals surface area contributed by atoms with Crippen molar-refractivity contribution in [2.24, 2.45) is 0 Å². The predicted octanol–water partition coefficient (Wildman–Crippen LogP) is 4.97. The fourth-order valence-corrected chi connectivity index (χ4v) is 3.80. The Balaban J connectivity index is 1.78. The topological polar surface area (TPSA) is 30.7 Å². The average molecular weight is 336 g/mol. The first-order valence-corrected chi connectivity index (χ1v) is 8.86. The minimum Gasteiger partial charge on any atom is -0.302 e. The molecular weight excluding hydrogens is 322 g/mol. The first kappa shape index (κ1) is 14.6. The normalized spacial score (nSPS) is 11.0. The molecule has 3 aromatic rings. The molecular formula is C15H14ClN3S2. The minimum atomic E-state index is 0.764. The second-order valence-electron chi connectivity index (χ2n) is 4.44. The molecule has 3 rings (SSSR count). The van der Waals surface area contributed by atoms with Crippen LogP contribution in [0.5, 0.6) is 0 Å². The second kappa shape index (κ2) is 6.64. The molecule has 6 heteroatoms. The Morgan fingerprint density at radius 1 is 1.19 bits per heavy atom. The molecule has 0 N–H and O–H groups in total. The highest BCUT2D eigenvalue weighted by molar-refractivity contribution is 7.98. The number of hydrogen-bond acceptors (Lipinski definition) is 4. The van der Waals surface area contributed by atoms with Gasteiger partial charge in [0.05, 0.1) is 4.88 Å². The Morgan fingerprint density at radius 2 is 2.00 bits per heavy atom. The summed E-state index contributed by atoms with van der Waals surface area (Å²) in [4.78, 5) is 1.16. The Morgan fingerprint density at radius 3 is 2.67 bits per heavy atom. The fraction of sp³-hybridized carbons (Fsp3) is 0.200. The summed E-state index contributed by atoms with van der Waals surface area (Å²) in [5, 5.41) is 12.4. The van der Waals surface area contributed by atoms with Gasteiger partial charge in [-0.2, -0.15) is 0 Å². The van der Waals surface area contributed by atoms with Crippen molar-refractivity contribution in [3.8, 4) is 10.7 Å². The molecule has 0 unspecified atom stereocenters. The van der Waals surface area contributed by atoms with Crippen molar-refractivity contribution in [3.63, 3.8) is 0 Å². The van der Waals surface area contributed by atoms with E-state index in [1.54, 1.807) is 23.1 Å². The lowest BCUT2D eigenvalue weighted by Gasteiger charge is -2.06. The zero-order chi connectivity index (χ0) is 14.7. The molecule has 0 aliphatic carbocycles. The standard InChI is InChI=1S/C15H14ClN3S2/c1-2-19-14(13-4-3-9-20-13)17-18-15(19)21-10-11-5-7-12(16)8-6-11/h3-9H,2,10H2,1H3. The van der Waals surface area contributed by atoms with Crippen LogP contribution in [0.25, 0.3) is 10.7 Å². The molecule has 0 spiro atoms. The smallest absolute Gasteiger partial charge is 0.191 e. The van der Waals surface area contributed by atoms with Crippen LogP contribution in [0.3, 0.4) is 0 Å². The van der Waals surface area contributed by atoms with E-state index >= 15 is 0 Å². The van der Waals surface area contributed by atoms with E-state index < -0.39 is 0 Å². The van der Waals surface area contributed by atoms with Crippen LogP contribution in [0, 0.1) is 0 Å². The summed E-state index contributed by atoms with van der Waals surface area (Å²) in [5.74, 6) is 1.81. The van der Waals surface area contributed by atoms with Gasteiger partial charge in [0, 0.05) is 17.3 Å². The summed E-state index contributed by atoms with van der Waals surface area (Å²) in [6.45, 7) is 2.98. The molecule has 21 heavy (non-hydrogen) atoms. The van der Waals surface area contributed by atoms with E-state index in [4.69, 9.17) is 11.6 Å². The van der Waals surface area contributed by atoms with Gasteiger partial charge in [-0.1, -0.05) is 41.6 Å². The van der Waals surface area contributed by atoms with Crippen LogP contribution >= 0.6 is 34.7 Å². The maximum absolute atomic E-state index is 5.90. The number of thioether (sulfide) groups is 1. The van der Waals surface area contributed by atoms with E-state index in [0.717, 1.165) is 33.2 Å². The highest BCUT2D eigenvalue weighted by Crippen LogP contribution is 2.28. The largest absolute Gasteiger partial charge is 0.302 e. The molecule has 0 bridgehead atoms. The van der Waals surface area contributed by atoms with E-state index in [9.17, 15) is 0 Å². The van der Waals surface area contributed by atoms with Gasteiger partial charge in [-0.25, -0.2) is 0 Å². The highest BCUT2D eigenvalue weighted by atomic mass is 35.5. The van der Waals surface area contributed by atoms with E-state index in [1.807, 2.05) is 30.3 Å². The summed E-state index contributed by atoms with van der Waals surface area (Å²) in [6.07, 6.45) is 0. The van der Waals surface area contributed by atoms with Crippen molar-refractivity contribution in [2.45, 2.75) is 24.4 Å². The van der Waals surface area contributed by atoms with Crippen LogP contribution in [0.1, 0.15) is 12.5 Å². The van der Waals surface area contributed by atoms with Crippen molar-refractivity contribution in [1.82, 2.24) is 14.8 Å². The Kier molecular flexibility index (Phi) is 4.63. The van der Waals surface area contributed by atoms with Crippen LogP contribution in [0.2, 0.25) is 5.02 Å². The summed E-state index contributed by atoms with van der Waals surface area (Å²) < 4.78 is 2.16. The molecule has 0 saturated heterocycles. The molecule has 2 heterocycles. The fourth-order valence-electron chi connectivity index (χ4n) is 2.00. The number of hydrogen-bond donors (Lipinski definition) is 0. The zero-order valence-electron chi connectivity index (χ0n) is 11.5. The monoisotopic (exact) mass is 335 g/mol. The zero-order valence-corrected chi connectivity index (χ0v) is 13.9. The SMILES string of the molecule is CCn1c(SCc2ccc(Cl)cc2)nnc1-c1cccs1. The maximum Gasteiger partial charge on any atom is 0.191 e. The first-order chi connectivity index (χ1) is 10.3. The molecule has 0 radical (unpaired) electrons. The summed E-state index contributed by atoms with van der Waals surface area (Å²) >= 11 is 9.29. The van der Waals surface area contributed by atoms with Gasteiger partial charge in [0.15, 0.2) is 11.0 Å². The number of nitrogens with zero attached hydrogens (tertiary/aromatic N) is 3. The van der Waals surface area contributed by atoms with Crippen LogP contribution in [-0.2, 0) is 12.3 Å². The van der Waals surface area contributed by atoms with Gasteiger partial charge in [0.1, 0.15) is 0 Å². The van der Waals surface area contributed by atoms with E-state index in [0.29, 0.717) is 0 Å². The molecule has 0 atom stereocenters. The molecule has 1 aromatic carbocycles. The van der Waals surface area contributed by atoms with Crippen LogP contribution in [0.4, 0.5) is 0 Å². The van der Waals surface area contributed by atoms with E-state index in [1.165, 1.54) is 5.56 Å². The third kappa shape index (κ3) is 3.31. The van der Waals surface area contributed by atoms with Crippen molar-refractivity contribution < 1.29 is 0 Å². The van der Waals surface area contributed by atoms with Gasteiger partial charge >= 0.3 is 0 Å². The van der Waals surface area contributed by atoms with Gasteiger partial charge in [-0.15, -0.1) is 21.5 Å². The number of benzene rings is 1. The van der Waals surface area contributed by atoms with E-state index in [2.05, 4.69) is 33.1 Å². The third-order valence-electron chi connectivity index (χ3n) is 3.06. The predicted molar refractivity (Wildman–Crippen MR) is 90.0 cm³/mol. The van der Waals surface area contributed by atoms with Crippen molar-refractivity contribution in [2.75, 3.05) is 0 Å². The average Bonchev–Trinajstić information content (AvgIpc) is 3.15. The Hall–Kier alpha value is -1.30. The lowest BCUT2D eigenvalue weighted by molar-refractivity contribution is 0.688. The highest BCUT2D eigenvalue weighted by Gasteiger charge is 2.13. The lowest BCUT2D eigenvalue weighted by Crippen LogP contribution is -1.99. The minimum absolute atomic E-state index is 0.764.